The van der Waals surface area contributed by atoms with Crippen LogP contribution in [0.1, 0.15) is 17.3 Å². The molecule has 0 saturated carbocycles. The van der Waals surface area contributed by atoms with Crippen molar-refractivity contribution >= 4 is 29.2 Å². The summed E-state index contributed by atoms with van der Waals surface area (Å²) in [6.45, 7) is 1.30. The number of nitrogen functional groups attached to an aromatic ring is 2. The molecule has 0 bridgehead atoms. The number of nitrogens with two attached hydrogens (primary N) is 2. The average molecular weight is 278 g/mol. The summed E-state index contributed by atoms with van der Waals surface area (Å²) >= 11 is 1.04. The fourth-order valence-corrected chi connectivity index (χ4v) is 2.53. The van der Waals surface area contributed by atoms with Crippen LogP contribution in [0.15, 0.2) is 34.3 Å². The Balaban J connectivity index is 2.43. The van der Waals surface area contributed by atoms with E-state index in [9.17, 15) is 9.18 Å². The van der Waals surface area contributed by atoms with Gasteiger partial charge in [0.15, 0.2) is 10.9 Å². The molecule has 0 saturated heterocycles. The van der Waals surface area contributed by atoms with Crippen molar-refractivity contribution in [3.05, 3.63) is 35.6 Å². The molecule has 1 aromatic heterocycles. The molecule has 5 nitrogen and oxygen atoms in total. The van der Waals surface area contributed by atoms with Gasteiger partial charge >= 0.3 is 0 Å². The maximum Gasteiger partial charge on any atom is 0.196 e. The highest BCUT2D eigenvalue weighted by Crippen LogP contribution is 2.30. The second-order valence-corrected chi connectivity index (χ2v) is 4.78. The number of halogens is 1. The predicted molar refractivity (Wildman–Crippen MR) is 71.4 cm³/mol. The SMILES string of the molecule is CC(=O)c1c(F)cccc1Sc1nc(N)cc(N)n1. The van der Waals surface area contributed by atoms with Gasteiger partial charge in [-0.1, -0.05) is 6.07 Å². The Hall–Kier alpha value is -2.15. The van der Waals surface area contributed by atoms with Crippen molar-refractivity contribution in [2.75, 3.05) is 11.5 Å². The molecule has 0 aliphatic carbocycles. The van der Waals surface area contributed by atoms with Gasteiger partial charge in [0.25, 0.3) is 0 Å². The Morgan fingerprint density at radius 1 is 1.26 bits per heavy atom. The minimum Gasteiger partial charge on any atom is -0.383 e. The lowest BCUT2D eigenvalue weighted by Crippen LogP contribution is -2.02. The highest BCUT2D eigenvalue weighted by molar-refractivity contribution is 7.99. The predicted octanol–water partition coefficient (Wildman–Crippen LogP) is 2.13. The smallest absolute Gasteiger partial charge is 0.196 e. The molecule has 1 aromatic carbocycles. The maximum absolute atomic E-state index is 13.6. The van der Waals surface area contributed by atoms with E-state index in [1.807, 2.05) is 0 Å². The number of carbonyl (C=O) groups is 1. The van der Waals surface area contributed by atoms with Crippen LogP contribution in [0.25, 0.3) is 0 Å². The van der Waals surface area contributed by atoms with Gasteiger partial charge in [-0.05, 0) is 30.8 Å². The minimum absolute atomic E-state index is 0.0112. The second kappa shape index (κ2) is 5.23. The van der Waals surface area contributed by atoms with Crippen LogP contribution >= 0.6 is 11.8 Å². The quantitative estimate of drug-likeness (QED) is 0.659. The number of rotatable bonds is 3. The molecule has 0 aliphatic heterocycles. The zero-order valence-corrected chi connectivity index (χ0v) is 10.9. The van der Waals surface area contributed by atoms with Gasteiger partial charge in [0, 0.05) is 11.0 Å². The molecule has 1 heterocycles. The molecule has 0 fully saturated rings. The van der Waals surface area contributed by atoms with Crippen molar-refractivity contribution in [2.45, 2.75) is 17.0 Å². The van der Waals surface area contributed by atoms with Crippen molar-refractivity contribution in [1.29, 1.82) is 0 Å². The van der Waals surface area contributed by atoms with Gasteiger partial charge in [0.1, 0.15) is 17.5 Å². The van der Waals surface area contributed by atoms with Crippen LogP contribution in [0.3, 0.4) is 0 Å². The molecule has 0 atom stereocenters. The van der Waals surface area contributed by atoms with Gasteiger partial charge in [-0.3, -0.25) is 4.79 Å². The number of hydrogen-bond acceptors (Lipinski definition) is 6. The number of anilines is 2. The number of hydrogen-bond donors (Lipinski definition) is 2. The zero-order chi connectivity index (χ0) is 14.0. The Kier molecular flexibility index (Phi) is 3.66. The van der Waals surface area contributed by atoms with Crippen molar-refractivity contribution in [1.82, 2.24) is 9.97 Å². The molecule has 4 N–H and O–H groups in total. The summed E-state index contributed by atoms with van der Waals surface area (Å²) in [7, 11) is 0. The van der Waals surface area contributed by atoms with Crippen molar-refractivity contribution < 1.29 is 9.18 Å². The van der Waals surface area contributed by atoms with Crippen LogP contribution in [0, 0.1) is 5.82 Å². The van der Waals surface area contributed by atoms with E-state index < -0.39 is 5.82 Å². The first-order valence-corrected chi connectivity index (χ1v) is 6.16. The largest absolute Gasteiger partial charge is 0.383 e. The van der Waals surface area contributed by atoms with Crippen molar-refractivity contribution in [2.24, 2.45) is 0 Å². The molecule has 7 heteroatoms. The van der Waals surface area contributed by atoms with E-state index in [1.54, 1.807) is 6.07 Å². The summed E-state index contributed by atoms with van der Waals surface area (Å²) in [5, 5.41) is 0.269. The van der Waals surface area contributed by atoms with Gasteiger partial charge in [-0.15, -0.1) is 0 Å². The summed E-state index contributed by atoms with van der Waals surface area (Å²) in [4.78, 5) is 19.8. The van der Waals surface area contributed by atoms with E-state index in [0.717, 1.165) is 11.8 Å². The van der Waals surface area contributed by atoms with Gasteiger partial charge in [-0.25, -0.2) is 14.4 Å². The number of benzene rings is 1. The third-order valence-corrected chi connectivity index (χ3v) is 3.20. The van der Waals surface area contributed by atoms with E-state index in [2.05, 4.69) is 9.97 Å². The standard InChI is InChI=1S/C12H11FN4OS/c1-6(18)11-7(13)3-2-4-8(11)19-12-16-9(14)5-10(15)17-12/h2-5H,1H3,(H4,14,15,16,17). The summed E-state index contributed by atoms with van der Waals surface area (Å²) < 4.78 is 13.6. The summed E-state index contributed by atoms with van der Waals surface area (Å²) in [5.74, 6) is -0.501. The van der Waals surface area contributed by atoms with Gasteiger partial charge in [-0.2, -0.15) is 0 Å². The summed E-state index contributed by atoms with van der Waals surface area (Å²) in [6.07, 6.45) is 0. The Morgan fingerprint density at radius 2 is 1.89 bits per heavy atom. The molecule has 98 valence electrons. The highest BCUT2D eigenvalue weighted by Gasteiger charge is 2.15. The van der Waals surface area contributed by atoms with E-state index in [1.165, 1.54) is 25.1 Å². The molecule has 2 rings (SSSR count). The monoisotopic (exact) mass is 278 g/mol. The Bertz CT molecular complexity index is 627. The fraction of sp³-hybridized carbons (Fsp3) is 0.0833. The van der Waals surface area contributed by atoms with Crippen LogP contribution in [0.2, 0.25) is 0 Å². The summed E-state index contributed by atoms with van der Waals surface area (Å²) in [5.41, 5.74) is 11.1. The first-order chi connectivity index (χ1) is 8.97. The lowest BCUT2D eigenvalue weighted by Gasteiger charge is -2.07. The average Bonchev–Trinajstić information content (AvgIpc) is 2.26. The molecule has 0 amide bonds. The molecule has 0 unspecified atom stereocenters. The molecule has 0 aliphatic rings. The second-order valence-electron chi connectivity index (χ2n) is 3.77. The van der Waals surface area contributed by atoms with Crippen LogP contribution in [-0.4, -0.2) is 15.8 Å². The lowest BCUT2D eigenvalue weighted by molar-refractivity contribution is 0.101. The number of carbonyl (C=O) groups excluding carboxylic acids is 1. The molecule has 2 aromatic rings. The number of nitrogens with zero attached hydrogens (tertiary/aromatic N) is 2. The minimum atomic E-state index is -0.575. The molecular formula is C12H11FN4OS. The fourth-order valence-electron chi connectivity index (χ4n) is 1.54. The van der Waals surface area contributed by atoms with Crippen LogP contribution in [0.5, 0.6) is 0 Å². The van der Waals surface area contributed by atoms with E-state index in [4.69, 9.17) is 11.5 Å². The van der Waals surface area contributed by atoms with E-state index in [-0.39, 0.29) is 28.1 Å². The molecular weight excluding hydrogens is 267 g/mol. The van der Waals surface area contributed by atoms with E-state index in [0.29, 0.717) is 4.90 Å². The van der Waals surface area contributed by atoms with Crippen LogP contribution in [0.4, 0.5) is 16.0 Å². The number of aromatic nitrogens is 2. The molecule has 19 heavy (non-hydrogen) atoms. The number of ketones is 1. The zero-order valence-electron chi connectivity index (χ0n) is 10.1. The van der Waals surface area contributed by atoms with Crippen LogP contribution in [-0.2, 0) is 0 Å². The van der Waals surface area contributed by atoms with Gasteiger partial charge in [0.05, 0.1) is 5.56 Å². The number of Topliss-reactive ketones (excluding diaryl/α,β-unsaturated/α-hetero) is 1. The van der Waals surface area contributed by atoms with Crippen molar-refractivity contribution in [3.8, 4) is 0 Å². The Labute approximate surface area is 113 Å². The van der Waals surface area contributed by atoms with E-state index >= 15 is 0 Å². The highest BCUT2D eigenvalue weighted by atomic mass is 32.2. The maximum atomic E-state index is 13.6. The van der Waals surface area contributed by atoms with Crippen molar-refractivity contribution in [3.63, 3.8) is 0 Å². The topological polar surface area (TPSA) is 94.9 Å². The first kappa shape index (κ1) is 13.3. The van der Waals surface area contributed by atoms with Gasteiger partial charge in [0.2, 0.25) is 0 Å². The molecule has 0 spiro atoms. The normalized spacial score (nSPS) is 10.4. The van der Waals surface area contributed by atoms with Gasteiger partial charge < -0.3 is 11.5 Å². The summed E-state index contributed by atoms with van der Waals surface area (Å²) in [6, 6.07) is 5.78. The third-order valence-electron chi connectivity index (χ3n) is 2.27. The van der Waals surface area contributed by atoms with Crippen LogP contribution < -0.4 is 11.5 Å². The first-order valence-electron chi connectivity index (χ1n) is 5.34. The lowest BCUT2D eigenvalue weighted by atomic mass is 10.1. The molecule has 0 radical (unpaired) electrons. The third kappa shape index (κ3) is 3.00. The Morgan fingerprint density at radius 3 is 2.47 bits per heavy atom.